The number of aliphatic hydroxyl groups is 2. The number of hydrogen-bond donors (Lipinski definition) is 2. The molecule has 0 radical (unpaired) electrons. The molecular weight excluding hydrogens is 883 g/mol. The van der Waals surface area contributed by atoms with Gasteiger partial charge in [-0.3, -0.25) is 19.4 Å². The van der Waals surface area contributed by atoms with Crippen molar-refractivity contribution in [1.29, 1.82) is 0 Å². The molecule has 14 heteroatoms. The van der Waals surface area contributed by atoms with Crippen molar-refractivity contribution < 1.29 is 42.2 Å². The van der Waals surface area contributed by atoms with Crippen molar-refractivity contribution in [3.63, 3.8) is 0 Å². The second kappa shape index (κ2) is 18.1. The number of carbonyl (C=O) groups excluding carboxylic acids is 3. The van der Waals surface area contributed by atoms with Gasteiger partial charge in [0.1, 0.15) is 0 Å². The van der Waals surface area contributed by atoms with Crippen molar-refractivity contribution in [2.75, 3.05) is 13.2 Å². The van der Waals surface area contributed by atoms with Gasteiger partial charge in [0.2, 0.25) is 19.9 Å². The first kappa shape index (κ1) is 45.9. The molecule has 3 aliphatic rings. The summed E-state index contributed by atoms with van der Waals surface area (Å²) in [4.78, 5) is 47.9. The number of hydrogen-bond acceptors (Lipinski definition) is 9. The van der Waals surface area contributed by atoms with Crippen LogP contribution in [0.4, 0.5) is 4.79 Å². The van der Waals surface area contributed by atoms with Crippen molar-refractivity contribution in [3.05, 3.63) is 209 Å². The minimum atomic E-state index is -4.73. The summed E-state index contributed by atoms with van der Waals surface area (Å²) in [6, 6.07) is 51.4. The maximum absolute atomic E-state index is 15.5. The van der Waals surface area contributed by atoms with Gasteiger partial charge in [0.15, 0.2) is 6.29 Å². The number of imide groups is 1. The van der Waals surface area contributed by atoms with E-state index in [0.717, 1.165) is 27.2 Å². The third-order valence-corrected chi connectivity index (χ3v) is 19.3. The van der Waals surface area contributed by atoms with Crippen molar-refractivity contribution in [2.45, 2.75) is 61.1 Å². The summed E-state index contributed by atoms with van der Waals surface area (Å²) in [5.41, 5.74) is 2.41. The molecule has 4 amide bonds. The normalized spacial score (nSPS) is 23.3. The van der Waals surface area contributed by atoms with E-state index in [1.54, 1.807) is 79.7 Å². The Morgan fingerprint density at radius 2 is 1.15 bits per heavy atom. The molecule has 0 saturated carbocycles. The van der Waals surface area contributed by atoms with Crippen LogP contribution in [0.3, 0.4) is 0 Å². The number of benzene rings is 6. The van der Waals surface area contributed by atoms with Crippen LogP contribution < -0.4 is 0 Å². The molecule has 2 N–H and O–H groups in total. The summed E-state index contributed by atoms with van der Waals surface area (Å²) >= 11 is 0. The zero-order valence-corrected chi connectivity index (χ0v) is 39.3. The highest BCUT2D eigenvalue weighted by atomic mass is 32.2. The summed E-state index contributed by atoms with van der Waals surface area (Å²) in [7, 11) is -8.03. The van der Waals surface area contributed by atoms with E-state index in [2.05, 4.69) is 49.5 Å². The largest absolute Gasteiger partial charge is 0.415 e. The molecule has 0 aromatic heterocycles. The number of ether oxygens (including phenoxy) is 1. The van der Waals surface area contributed by atoms with Gasteiger partial charge in [-0.25, -0.2) is 17.5 Å². The van der Waals surface area contributed by atoms with Crippen LogP contribution in [0, 0.1) is 24.7 Å². The topological polar surface area (TPSA) is 154 Å². The van der Waals surface area contributed by atoms with Gasteiger partial charge in [0, 0.05) is 12.5 Å². The predicted octanol–water partition coefficient (Wildman–Crippen LogP) is 7.24. The van der Waals surface area contributed by atoms with E-state index >= 15 is 9.59 Å². The number of sulfonamides is 1. The molecule has 344 valence electrons. The van der Waals surface area contributed by atoms with Crippen molar-refractivity contribution in [3.8, 4) is 0 Å². The smallest absolute Gasteiger partial charge is 0.330 e. The molecule has 6 aromatic carbocycles. The number of nitrogens with zero attached hydrogens (tertiary/aromatic N) is 3. The average Bonchev–Trinajstić information content (AvgIpc) is 3.74. The molecule has 0 unspecified atom stereocenters. The number of carbonyl (C=O) groups is 3. The SMILES string of the molecule is Cc1ccc(S(=O)(=O)N2C(=O)[C@@H]3[C@@H](CO[Si](C)(C)C(c4ccccc4)(c4ccccc4)c4ccccc4)[C@@H](O)O[C@@]4(C(=O)N(Cc5ccccc5)C(=O)N4Cc4ccccc4)[C@@H]3[C@H]2CO)cc1. The molecule has 3 heterocycles. The van der Waals surface area contributed by atoms with Gasteiger partial charge in [0.25, 0.3) is 15.9 Å². The predicted molar refractivity (Wildman–Crippen MR) is 253 cm³/mol. The van der Waals surface area contributed by atoms with Gasteiger partial charge in [-0.1, -0.05) is 169 Å². The Labute approximate surface area is 392 Å². The second-order valence-corrected chi connectivity index (χ2v) is 23.9. The highest BCUT2D eigenvalue weighted by molar-refractivity contribution is 7.89. The van der Waals surface area contributed by atoms with Gasteiger partial charge >= 0.3 is 6.03 Å². The van der Waals surface area contributed by atoms with E-state index in [9.17, 15) is 23.4 Å². The van der Waals surface area contributed by atoms with Crippen LogP contribution in [0.25, 0.3) is 0 Å². The Hall–Kier alpha value is -6.26. The lowest BCUT2D eigenvalue weighted by atomic mass is 9.71. The average molecular weight is 936 g/mol. The van der Waals surface area contributed by atoms with E-state index in [-0.39, 0.29) is 24.6 Å². The van der Waals surface area contributed by atoms with Gasteiger partial charge in [0.05, 0.1) is 47.5 Å². The van der Waals surface area contributed by atoms with Crippen LogP contribution in [0.15, 0.2) is 181 Å². The summed E-state index contributed by atoms with van der Waals surface area (Å²) in [5, 5.41) is 23.2. The van der Waals surface area contributed by atoms with Gasteiger partial charge < -0.3 is 19.4 Å². The van der Waals surface area contributed by atoms with Crippen molar-refractivity contribution >= 4 is 36.2 Å². The third kappa shape index (κ3) is 7.61. The minimum absolute atomic E-state index is 0.182. The van der Waals surface area contributed by atoms with E-state index < -0.39 is 83.6 Å². The Bertz CT molecular complexity index is 2750. The molecule has 3 fully saturated rings. The maximum Gasteiger partial charge on any atom is 0.330 e. The number of rotatable bonds is 14. The maximum atomic E-state index is 15.5. The van der Waals surface area contributed by atoms with E-state index in [4.69, 9.17) is 9.16 Å². The van der Waals surface area contributed by atoms with Crippen molar-refractivity contribution in [1.82, 2.24) is 14.1 Å². The first-order chi connectivity index (χ1) is 32.3. The van der Waals surface area contributed by atoms with Crippen LogP contribution in [0.2, 0.25) is 13.1 Å². The monoisotopic (exact) mass is 935 g/mol. The fourth-order valence-electron chi connectivity index (χ4n) is 10.8. The lowest BCUT2D eigenvalue weighted by Gasteiger charge is -2.51. The quantitative estimate of drug-likeness (QED) is 0.0654. The van der Waals surface area contributed by atoms with Crippen LogP contribution in [-0.4, -0.2) is 90.2 Å². The van der Waals surface area contributed by atoms with E-state index in [1.165, 1.54) is 17.0 Å². The standard InChI is InChI=1S/C53H53N3O9SSi/c1-37-29-31-43(32-30-37)66(62,63)56-45(35-57)47-46(48(56)58)44(36-64-67(2,3)52(40-23-13-6-14-24-40,41-25-15-7-16-26-41)42-27-17-8-18-28-42)49(59)65-53(47)50(60)54(33-38-19-9-4-10-20-38)51(61)55(53)34-39-21-11-5-12-22-39/h4-32,44-47,49,57,59H,33-36H2,1-3H3/t44-,45-,46-,47-,49+,53-/m1/s1. The Morgan fingerprint density at radius 3 is 1.63 bits per heavy atom. The zero-order chi connectivity index (χ0) is 47.1. The minimum Gasteiger partial charge on any atom is -0.415 e. The van der Waals surface area contributed by atoms with Gasteiger partial charge in [-0.2, -0.15) is 0 Å². The Kier molecular flexibility index (Phi) is 12.4. The van der Waals surface area contributed by atoms with Crippen LogP contribution in [-0.2, 0) is 46.9 Å². The zero-order valence-electron chi connectivity index (χ0n) is 37.5. The fourth-order valence-corrected chi connectivity index (χ4v) is 15.9. The van der Waals surface area contributed by atoms with Gasteiger partial charge in [-0.05, 0) is 60.0 Å². The first-order valence-electron chi connectivity index (χ1n) is 22.4. The second-order valence-electron chi connectivity index (χ2n) is 18.0. The Balaban J connectivity index is 1.20. The van der Waals surface area contributed by atoms with Crippen LogP contribution in [0.5, 0.6) is 0 Å². The van der Waals surface area contributed by atoms with Crippen LogP contribution in [0.1, 0.15) is 33.4 Å². The van der Waals surface area contributed by atoms with E-state index in [1.807, 2.05) is 54.6 Å². The molecule has 9 rings (SSSR count). The number of fused-ring (bicyclic) bond motifs is 2. The molecule has 12 nitrogen and oxygen atoms in total. The third-order valence-electron chi connectivity index (χ3n) is 13.9. The number of aryl methyl sites for hydroxylation is 1. The molecule has 6 aromatic rings. The number of amides is 4. The highest BCUT2D eigenvalue weighted by Crippen LogP contribution is 2.56. The summed E-state index contributed by atoms with van der Waals surface area (Å²) in [6.45, 7) is 4.30. The molecule has 3 aliphatic heterocycles. The molecule has 6 atom stereocenters. The summed E-state index contributed by atoms with van der Waals surface area (Å²) in [5.74, 6) is -6.17. The summed E-state index contributed by atoms with van der Waals surface area (Å²) in [6.07, 6.45) is -1.94. The van der Waals surface area contributed by atoms with Crippen LogP contribution >= 0.6 is 0 Å². The summed E-state index contributed by atoms with van der Waals surface area (Å²) < 4.78 is 44.4. The van der Waals surface area contributed by atoms with Crippen molar-refractivity contribution in [2.24, 2.45) is 17.8 Å². The fraction of sp³-hybridized carbons (Fsp3) is 0.264. The molecule has 0 aliphatic carbocycles. The first-order valence-corrected chi connectivity index (χ1v) is 26.8. The molecular formula is C53H53N3O9SSi. The molecule has 0 bridgehead atoms. The molecule has 1 spiro atoms. The lowest BCUT2D eigenvalue weighted by molar-refractivity contribution is -0.300. The van der Waals surface area contributed by atoms with E-state index in [0.29, 0.717) is 15.4 Å². The Morgan fingerprint density at radius 1 is 0.687 bits per heavy atom. The highest BCUT2D eigenvalue weighted by Gasteiger charge is 2.75. The lowest BCUT2D eigenvalue weighted by Crippen LogP contribution is -2.68. The molecule has 3 saturated heterocycles. The molecule has 67 heavy (non-hydrogen) atoms. The number of urea groups is 1. The number of aliphatic hydroxyl groups excluding tert-OH is 2. The van der Waals surface area contributed by atoms with Gasteiger partial charge in [-0.15, -0.1) is 0 Å².